The summed E-state index contributed by atoms with van der Waals surface area (Å²) in [6.07, 6.45) is 1.74. The first-order valence-electron chi connectivity index (χ1n) is 8.79. The summed E-state index contributed by atoms with van der Waals surface area (Å²) in [5.41, 5.74) is 2.37. The van der Waals surface area contributed by atoms with Crippen LogP contribution >= 0.6 is 0 Å². The van der Waals surface area contributed by atoms with Gasteiger partial charge in [-0.3, -0.25) is 9.52 Å². The molecule has 152 valence electrons. The van der Waals surface area contributed by atoms with Crippen LogP contribution in [0.1, 0.15) is 40.9 Å². The number of hydrogen-bond acceptors (Lipinski definition) is 5. The maximum atomic E-state index is 12.7. The molecule has 0 aromatic heterocycles. The molecule has 0 aliphatic carbocycles. The molecular weight excluding hydrogens is 380 g/mol. The molecule has 2 aromatic rings. The summed E-state index contributed by atoms with van der Waals surface area (Å²) >= 11 is 0. The van der Waals surface area contributed by atoms with Gasteiger partial charge in [-0.15, -0.1) is 0 Å². The SMILES string of the molecule is CC[C@@H](NC(=O)c1ccc(C)c(NS(C)(=O)=O)c1)c1ccc(OC)c(OC)c1. The van der Waals surface area contributed by atoms with Gasteiger partial charge in [-0.1, -0.05) is 19.1 Å². The number of nitrogens with one attached hydrogen (secondary N) is 2. The van der Waals surface area contributed by atoms with Crippen LogP contribution in [0.2, 0.25) is 0 Å². The summed E-state index contributed by atoms with van der Waals surface area (Å²) in [6, 6.07) is 10.2. The van der Waals surface area contributed by atoms with E-state index in [0.29, 0.717) is 29.2 Å². The highest BCUT2D eigenvalue weighted by atomic mass is 32.2. The van der Waals surface area contributed by atoms with Gasteiger partial charge in [-0.05, 0) is 48.7 Å². The van der Waals surface area contributed by atoms with Crippen molar-refractivity contribution in [2.24, 2.45) is 0 Å². The van der Waals surface area contributed by atoms with E-state index in [0.717, 1.165) is 17.4 Å². The van der Waals surface area contributed by atoms with E-state index >= 15 is 0 Å². The fourth-order valence-electron chi connectivity index (χ4n) is 2.81. The summed E-state index contributed by atoms with van der Waals surface area (Å²) in [6.45, 7) is 3.74. The lowest BCUT2D eigenvalue weighted by atomic mass is 10.0. The number of ether oxygens (including phenoxy) is 2. The highest BCUT2D eigenvalue weighted by molar-refractivity contribution is 7.92. The molecule has 7 nitrogen and oxygen atoms in total. The van der Waals surface area contributed by atoms with Crippen molar-refractivity contribution in [3.05, 3.63) is 53.1 Å². The van der Waals surface area contributed by atoms with Gasteiger partial charge in [0.25, 0.3) is 5.91 Å². The second kappa shape index (κ2) is 8.97. The van der Waals surface area contributed by atoms with Gasteiger partial charge in [-0.2, -0.15) is 0 Å². The summed E-state index contributed by atoms with van der Waals surface area (Å²) in [7, 11) is -0.310. The zero-order chi connectivity index (χ0) is 20.9. The number of carbonyl (C=O) groups excluding carboxylic acids is 1. The standard InChI is InChI=1S/C20H26N2O5S/c1-6-16(14-9-10-18(26-3)19(12-14)27-4)21-20(23)15-8-7-13(2)17(11-15)22-28(5,24)25/h7-12,16,22H,6H2,1-5H3,(H,21,23)/t16-/m1/s1. The lowest BCUT2D eigenvalue weighted by molar-refractivity contribution is 0.0935. The van der Waals surface area contributed by atoms with E-state index < -0.39 is 10.0 Å². The number of sulfonamides is 1. The minimum Gasteiger partial charge on any atom is -0.493 e. The second-order valence-corrected chi connectivity index (χ2v) is 8.20. The van der Waals surface area contributed by atoms with E-state index in [2.05, 4.69) is 10.0 Å². The van der Waals surface area contributed by atoms with E-state index in [1.165, 1.54) is 6.07 Å². The number of aryl methyl sites for hydroxylation is 1. The minimum atomic E-state index is -3.43. The summed E-state index contributed by atoms with van der Waals surface area (Å²) < 4.78 is 36.1. The average Bonchev–Trinajstić information content (AvgIpc) is 2.65. The second-order valence-electron chi connectivity index (χ2n) is 6.45. The Morgan fingerprint density at radius 2 is 1.75 bits per heavy atom. The molecule has 0 bridgehead atoms. The summed E-state index contributed by atoms with van der Waals surface area (Å²) in [5.74, 6) is 0.906. The zero-order valence-electron chi connectivity index (χ0n) is 16.7. The van der Waals surface area contributed by atoms with E-state index in [1.807, 2.05) is 19.1 Å². The molecule has 2 aromatic carbocycles. The molecule has 2 rings (SSSR count). The molecule has 0 heterocycles. The van der Waals surface area contributed by atoms with Crippen LogP contribution in [0.4, 0.5) is 5.69 Å². The number of benzene rings is 2. The van der Waals surface area contributed by atoms with Crippen LogP contribution in [0.25, 0.3) is 0 Å². The first-order valence-corrected chi connectivity index (χ1v) is 10.7. The van der Waals surface area contributed by atoms with Gasteiger partial charge in [0.2, 0.25) is 10.0 Å². The third-order valence-corrected chi connectivity index (χ3v) is 4.91. The number of rotatable bonds is 8. The quantitative estimate of drug-likeness (QED) is 0.702. The van der Waals surface area contributed by atoms with Crippen LogP contribution in [0, 0.1) is 6.92 Å². The van der Waals surface area contributed by atoms with Gasteiger partial charge < -0.3 is 14.8 Å². The Balaban J connectivity index is 2.26. The van der Waals surface area contributed by atoms with Crippen molar-refractivity contribution in [1.82, 2.24) is 5.32 Å². The number of carbonyl (C=O) groups is 1. The normalized spacial score (nSPS) is 12.2. The molecule has 0 aliphatic rings. The van der Waals surface area contributed by atoms with Gasteiger partial charge in [-0.25, -0.2) is 8.42 Å². The molecule has 0 fully saturated rings. The molecule has 0 saturated heterocycles. The van der Waals surface area contributed by atoms with Crippen molar-refractivity contribution in [3.8, 4) is 11.5 Å². The summed E-state index contributed by atoms with van der Waals surface area (Å²) in [4.78, 5) is 12.7. The molecular formula is C20H26N2O5S. The van der Waals surface area contributed by atoms with Crippen LogP contribution in [-0.2, 0) is 10.0 Å². The largest absolute Gasteiger partial charge is 0.493 e. The predicted molar refractivity (Wildman–Crippen MR) is 110 cm³/mol. The molecule has 8 heteroatoms. The smallest absolute Gasteiger partial charge is 0.251 e. The maximum Gasteiger partial charge on any atom is 0.251 e. The van der Waals surface area contributed by atoms with Crippen molar-refractivity contribution in [2.75, 3.05) is 25.2 Å². The topological polar surface area (TPSA) is 93.7 Å². The monoisotopic (exact) mass is 406 g/mol. The number of amides is 1. The first-order chi connectivity index (χ1) is 13.2. The van der Waals surface area contributed by atoms with E-state index in [1.54, 1.807) is 39.3 Å². The molecule has 2 N–H and O–H groups in total. The number of hydrogen-bond donors (Lipinski definition) is 2. The van der Waals surface area contributed by atoms with E-state index in [9.17, 15) is 13.2 Å². The molecule has 1 atom stereocenters. The Kier molecular flexibility index (Phi) is 6.90. The third-order valence-electron chi connectivity index (χ3n) is 4.32. The molecule has 1 amide bonds. The van der Waals surface area contributed by atoms with Crippen molar-refractivity contribution >= 4 is 21.6 Å². The van der Waals surface area contributed by atoms with Crippen LogP contribution < -0.4 is 19.5 Å². The fraction of sp³-hybridized carbons (Fsp3) is 0.350. The Bertz CT molecular complexity index is 957. The van der Waals surface area contributed by atoms with E-state index in [4.69, 9.17) is 9.47 Å². The van der Waals surface area contributed by atoms with Crippen LogP contribution in [0.15, 0.2) is 36.4 Å². The number of anilines is 1. The van der Waals surface area contributed by atoms with Crippen molar-refractivity contribution in [2.45, 2.75) is 26.3 Å². The molecule has 0 aliphatic heterocycles. The lowest BCUT2D eigenvalue weighted by Gasteiger charge is -2.19. The van der Waals surface area contributed by atoms with Gasteiger partial charge in [0.1, 0.15) is 0 Å². The Morgan fingerprint density at radius 1 is 1.07 bits per heavy atom. The maximum absolute atomic E-state index is 12.7. The summed E-state index contributed by atoms with van der Waals surface area (Å²) in [5, 5.41) is 2.99. The highest BCUT2D eigenvalue weighted by Gasteiger charge is 2.17. The fourth-order valence-corrected chi connectivity index (χ4v) is 3.42. The average molecular weight is 407 g/mol. The number of methoxy groups -OCH3 is 2. The molecule has 0 unspecified atom stereocenters. The minimum absolute atomic E-state index is 0.236. The Hall–Kier alpha value is -2.74. The van der Waals surface area contributed by atoms with Crippen molar-refractivity contribution in [3.63, 3.8) is 0 Å². The zero-order valence-corrected chi connectivity index (χ0v) is 17.5. The Morgan fingerprint density at radius 3 is 2.32 bits per heavy atom. The van der Waals surface area contributed by atoms with Crippen LogP contribution in [-0.4, -0.2) is 34.8 Å². The first kappa shape index (κ1) is 21.6. The van der Waals surface area contributed by atoms with Gasteiger partial charge in [0, 0.05) is 5.56 Å². The van der Waals surface area contributed by atoms with Crippen LogP contribution in [0.5, 0.6) is 11.5 Å². The van der Waals surface area contributed by atoms with Crippen molar-refractivity contribution < 1.29 is 22.7 Å². The molecule has 0 radical (unpaired) electrons. The molecule has 0 saturated carbocycles. The predicted octanol–water partition coefficient (Wildman–Crippen LogP) is 3.26. The van der Waals surface area contributed by atoms with Gasteiger partial charge in [0.15, 0.2) is 11.5 Å². The van der Waals surface area contributed by atoms with Gasteiger partial charge >= 0.3 is 0 Å². The van der Waals surface area contributed by atoms with Crippen LogP contribution in [0.3, 0.4) is 0 Å². The highest BCUT2D eigenvalue weighted by Crippen LogP contribution is 2.31. The van der Waals surface area contributed by atoms with E-state index in [-0.39, 0.29) is 11.9 Å². The Labute approximate surface area is 166 Å². The lowest BCUT2D eigenvalue weighted by Crippen LogP contribution is -2.28. The third kappa shape index (κ3) is 5.39. The van der Waals surface area contributed by atoms with Gasteiger partial charge in [0.05, 0.1) is 32.2 Å². The molecule has 28 heavy (non-hydrogen) atoms. The van der Waals surface area contributed by atoms with Crippen molar-refractivity contribution in [1.29, 1.82) is 0 Å². The molecule has 0 spiro atoms.